The molecule has 3 amide bonds. The predicted octanol–water partition coefficient (Wildman–Crippen LogP) is 1.41. The Hall–Kier alpha value is -2.16. The van der Waals surface area contributed by atoms with Crippen LogP contribution in [0.3, 0.4) is 0 Å². The first-order chi connectivity index (χ1) is 13.8. The first-order valence-corrected chi connectivity index (χ1v) is 10.2. The molecule has 0 aromatic heterocycles. The van der Waals surface area contributed by atoms with Gasteiger partial charge in [0.15, 0.2) is 0 Å². The standard InChI is InChI=1S/C19H23Cl2N6O2/c1-23-6-8-26(9-7-23)18-22-16-15(17(28)25(3)19(29)24(16)2)27(18)11-12-4-5-13(20)14(21)10-12/h4-5,10,15H,6-9,11H2,1-3H3/q+1. The van der Waals surface area contributed by atoms with Crippen LogP contribution in [-0.2, 0) is 11.3 Å². The molecule has 0 N–H and O–H groups in total. The van der Waals surface area contributed by atoms with Crippen molar-refractivity contribution in [2.75, 3.05) is 47.3 Å². The number of carbonyl (C=O) groups excluding carboxylic acids is 2. The number of amides is 3. The number of guanidine groups is 1. The molecule has 4 rings (SSSR count). The van der Waals surface area contributed by atoms with E-state index in [-0.39, 0.29) is 11.9 Å². The molecule has 0 saturated carbocycles. The van der Waals surface area contributed by atoms with Gasteiger partial charge in [-0.1, -0.05) is 34.3 Å². The Morgan fingerprint density at radius 2 is 1.76 bits per heavy atom. The first kappa shape index (κ1) is 20.1. The van der Waals surface area contributed by atoms with E-state index < -0.39 is 6.04 Å². The molecule has 0 spiro atoms. The number of urea groups is 1. The fraction of sp³-hybridized carbons (Fsp3) is 0.474. The molecule has 1 atom stereocenters. The average Bonchev–Trinajstić information content (AvgIpc) is 3.07. The second kappa shape index (κ2) is 7.59. The van der Waals surface area contributed by atoms with Crippen molar-refractivity contribution in [1.29, 1.82) is 0 Å². The minimum absolute atomic E-state index is 0.281. The quantitative estimate of drug-likeness (QED) is 0.656. The molecule has 1 aromatic carbocycles. The van der Waals surface area contributed by atoms with Crippen LogP contribution in [0.25, 0.3) is 0 Å². The van der Waals surface area contributed by atoms with E-state index in [2.05, 4.69) is 16.5 Å². The molecule has 3 aliphatic rings. The van der Waals surface area contributed by atoms with Crippen molar-refractivity contribution in [3.05, 3.63) is 33.8 Å². The van der Waals surface area contributed by atoms with Gasteiger partial charge in [-0.3, -0.25) is 19.2 Å². The molecule has 8 nitrogen and oxygen atoms in total. The van der Waals surface area contributed by atoms with Crippen LogP contribution in [0, 0.1) is 0 Å². The van der Waals surface area contributed by atoms with Gasteiger partial charge in [0.25, 0.3) is 5.91 Å². The topological polar surface area (TPSA) is 62.5 Å². The summed E-state index contributed by atoms with van der Waals surface area (Å²) in [6.45, 7) is 3.84. The highest BCUT2D eigenvalue weighted by atomic mass is 35.5. The maximum absolute atomic E-state index is 13.0. The lowest BCUT2D eigenvalue weighted by atomic mass is 10.1. The van der Waals surface area contributed by atoms with Crippen molar-refractivity contribution in [3.8, 4) is 0 Å². The van der Waals surface area contributed by atoms with E-state index >= 15 is 0 Å². The molecule has 3 heterocycles. The summed E-state index contributed by atoms with van der Waals surface area (Å²) in [5, 5.41) is 0.945. The van der Waals surface area contributed by atoms with Crippen molar-refractivity contribution < 1.29 is 14.2 Å². The van der Waals surface area contributed by atoms with Gasteiger partial charge in [0.2, 0.25) is 11.9 Å². The van der Waals surface area contributed by atoms with Gasteiger partial charge in [-0.15, -0.1) is 0 Å². The summed E-state index contributed by atoms with van der Waals surface area (Å²) < 4.78 is 2.18. The number of amidine groups is 1. The van der Waals surface area contributed by atoms with E-state index in [9.17, 15) is 9.59 Å². The Balaban J connectivity index is 1.76. The third-order valence-electron chi connectivity index (χ3n) is 5.63. The van der Waals surface area contributed by atoms with E-state index in [0.29, 0.717) is 28.4 Å². The fourth-order valence-corrected chi connectivity index (χ4v) is 4.16. The van der Waals surface area contributed by atoms with Crippen LogP contribution in [0.1, 0.15) is 5.56 Å². The number of imide groups is 1. The number of rotatable bonds is 2. The zero-order chi connectivity index (χ0) is 20.9. The van der Waals surface area contributed by atoms with Gasteiger partial charge < -0.3 is 4.90 Å². The van der Waals surface area contributed by atoms with Crippen LogP contribution >= 0.6 is 23.2 Å². The Bertz CT molecular complexity index is 937. The van der Waals surface area contributed by atoms with Gasteiger partial charge in [0.05, 0.1) is 29.7 Å². The highest BCUT2D eigenvalue weighted by Gasteiger charge is 2.55. The zero-order valence-corrected chi connectivity index (χ0v) is 18.1. The number of hydrogen-bond acceptors (Lipinski definition) is 3. The minimum Gasteiger partial charge on any atom is -0.300 e. The van der Waals surface area contributed by atoms with Crippen LogP contribution in [-0.4, -0.2) is 101 Å². The van der Waals surface area contributed by atoms with E-state index in [1.165, 1.54) is 11.9 Å². The number of halogens is 2. The molecule has 1 aromatic rings. The number of fused-ring (bicyclic) bond motifs is 1. The normalized spacial score (nSPS) is 23.1. The van der Waals surface area contributed by atoms with Crippen LogP contribution in [0.15, 0.2) is 23.2 Å². The number of hydrogen-bond donors (Lipinski definition) is 0. The summed E-state index contributed by atoms with van der Waals surface area (Å²) in [6, 6.07) is 4.41. The van der Waals surface area contributed by atoms with Crippen molar-refractivity contribution in [2.45, 2.75) is 12.6 Å². The van der Waals surface area contributed by atoms with Crippen molar-refractivity contribution >= 4 is 46.9 Å². The van der Waals surface area contributed by atoms with E-state index in [4.69, 9.17) is 28.2 Å². The molecule has 0 aliphatic carbocycles. The van der Waals surface area contributed by atoms with Crippen molar-refractivity contribution in [2.24, 2.45) is 4.99 Å². The van der Waals surface area contributed by atoms with Crippen LogP contribution in [0.5, 0.6) is 0 Å². The summed E-state index contributed by atoms with van der Waals surface area (Å²) in [6.07, 6.45) is 0. The maximum atomic E-state index is 13.0. The lowest BCUT2D eigenvalue weighted by molar-refractivity contribution is -0.544. The predicted molar refractivity (Wildman–Crippen MR) is 112 cm³/mol. The molecule has 29 heavy (non-hydrogen) atoms. The Labute approximate surface area is 179 Å². The molecular formula is C19H23Cl2N6O2+. The summed E-state index contributed by atoms with van der Waals surface area (Å²) in [5.74, 6) is 0.899. The van der Waals surface area contributed by atoms with Crippen molar-refractivity contribution in [3.63, 3.8) is 0 Å². The Morgan fingerprint density at radius 1 is 1.07 bits per heavy atom. The minimum atomic E-state index is -0.646. The van der Waals surface area contributed by atoms with Gasteiger partial charge in [-0.05, 0) is 24.7 Å². The fourth-order valence-electron chi connectivity index (χ4n) is 3.84. The first-order valence-electron chi connectivity index (χ1n) is 9.42. The van der Waals surface area contributed by atoms with Crippen LogP contribution < -0.4 is 0 Å². The van der Waals surface area contributed by atoms with Gasteiger partial charge in [0, 0.05) is 27.2 Å². The number of carbonyl (C=O) groups is 2. The highest BCUT2D eigenvalue weighted by molar-refractivity contribution is 6.42. The van der Waals surface area contributed by atoms with Crippen molar-refractivity contribution in [1.82, 2.24) is 19.6 Å². The van der Waals surface area contributed by atoms with Gasteiger partial charge in [0.1, 0.15) is 0 Å². The monoisotopic (exact) mass is 437 g/mol. The van der Waals surface area contributed by atoms with Crippen LogP contribution in [0.4, 0.5) is 4.79 Å². The molecule has 2 fully saturated rings. The second-order valence-electron chi connectivity index (χ2n) is 7.58. The maximum Gasteiger partial charge on any atom is 0.392 e. The number of nitrogens with zero attached hydrogens (tertiary/aromatic N) is 6. The number of likely N-dealkylation sites (N-methyl/N-ethyl adjacent to an activating group) is 3. The molecule has 10 heteroatoms. The van der Waals surface area contributed by atoms with Gasteiger partial charge >= 0.3 is 12.0 Å². The van der Waals surface area contributed by atoms with Gasteiger partial charge in [-0.25, -0.2) is 9.69 Å². The lowest BCUT2D eigenvalue weighted by Crippen LogP contribution is -2.62. The highest BCUT2D eigenvalue weighted by Crippen LogP contribution is 2.28. The molecule has 1 unspecified atom stereocenters. The van der Waals surface area contributed by atoms with E-state index in [1.54, 1.807) is 19.2 Å². The number of benzene rings is 1. The SMILES string of the molecule is CN1CC[N+](=C2N=C3C(C(=O)N(C)C(=O)N3C)N2Cc2ccc(Cl)c(Cl)c2)CC1. The van der Waals surface area contributed by atoms with E-state index in [0.717, 1.165) is 36.6 Å². The summed E-state index contributed by atoms with van der Waals surface area (Å²) in [4.78, 5) is 37.0. The smallest absolute Gasteiger partial charge is 0.300 e. The third kappa shape index (κ3) is 3.49. The molecule has 154 valence electrons. The zero-order valence-electron chi connectivity index (χ0n) is 16.6. The van der Waals surface area contributed by atoms with Crippen LogP contribution in [0.2, 0.25) is 10.0 Å². The number of aliphatic imine (C=N–C) groups is 1. The van der Waals surface area contributed by atoms with Gasteiger partial charge in [-0.2, -0.15) is 0 Å². The molecule has 3 aliphatic heterocycles. The summed E-state index contributed by atoms with van der Waals surface area (Å²) >= 11 is 12.3. The molecule has 2 saturated heterocycles. The average molecular weight is 438 g/mol. The lowest BCUT2D eigenvalue weighted by Gasteiger charge is -2.33. The summed E-state index contributed by atoms with van der Waals surface area (Å²) in [7, 11) is 5.24. The summed E-state index contributed by atoms with van der Waals surface area (Å²) in [5.41, 5.74) is 0.914. The Morgan fingerprint density at radius 3 is 2.41 bits per heavy atom. The largest absolute Gasteiger partial charge is 0.392 e. The molecular weight excluding hydrogens is 415 g/mol. The van der Waals surface area contributed by atoms with E-state index in [1.807, 2.05) is 11.0 Å². The second-order valence-corrected chi connectivity index (χ2v) is 8.39. The number of piperazine rings is 1. The molecule has 0 bridgehead atoms. The third-order valence-corrected chi connectivity index (χ3v) is 6.37. The Kier molecular flexibility index (Phi) is 5.27. The molecule has 0 radical (unpaired) electrons.